The molecule has 0 aliphatic carbocycles. The summed E-state index contributed by atoms with van der Waals surface area (Å²) < 4.78 is 26.5. The fourth-order valence-corrected chi connectivity index (χ4v) is 4.74. The molecule has 0 heterocycles. The van der Waals surface area contributed by atoms with Gasteiger partial charge in [-0.15, -0.1) is 0 Å². The summed E-state index contributed by atoms with van der Waals surface area (Å²) in [5.74, 6) is -0.261. The molecule has 1 amide bonds. The van der Waals surface area contributed by atoms with E-state index in [4.69, 9.17) is 0 Å². The molecule has 2 rings (SSSR count). The molecule has 5 nitrogen and oxygen atoms in total. The van der Waals surface area contributed by atoms with Gasteiger partial charge in [0, 0.05) is 6.54 Å². The molecule has 158 valence electrons. The molecule has 6 heteroatoms. The van der Waals surface area contributed by atoms with E-state index in [0.717, 1.165) is 30.2 Å². The molecular weight excluding hydrogens is 384 g/mol. The Morgan fingerprint density at radius 1 is 1.07 bits per heavy atom. The summed E-state index contributed by atoms with van der Waals surface area (Å²) in [5.41, 5.74) is 4.79. The minimum Gasteiger partial charge on any atom is -0.354 e. The lowest BCUT2D eigenvalue weighted by Crippen LogP contribution is -2.49. The van der Waals surface area contributed by atoms with E-state index in [1.807, 2.05) is 45.0 Å². The van der Waals surface area contributed by atoms with Crippen LogP contribution in [0.1, 0.15) is 42.0 Å². The molecule has 29 heavy (non-hydrogen) atoms. The number of nitrogens with one attached hydrogen (secondary N) is 1. The summed E-state index contributed by atoms with van der Waals surface area (Å²) in [5, 5.41) is 2.93. The molecule has 0 aromatic heterocycles. The molecule has 0 bridgehead atoms. The first-order valence-electron chi connectivity index (χ1n) is 10.0. The van der Waals surface area contributed by atoms with Crippen molar-refractivity contribution in [1.82, 2.24) is 5.32 Å². The van der Waals surface area contributed by atoms with Gasteiger partial charge in [0.2, 0.25) is 15.9 Å². The van der Waals surface area contributed by atoms with Crippen molar-refractivity contribution in [3.05, 3.63) is 64.7 Å². The van der Waals surface area contributed by atoms with Crippen LogP contribution >= 0.6 is 0 Å². The molecular formula is C23H32N2O3S. The Kier molecular flexibility index (Phi) is 7.85. The van der Waals surface area contributed by atoms with Gasteiger partial charge < -0.3 is 5.32 Å². The van der Waals surface area contributed by atoms with E-state index >= 15 is 0 Å². The first-order chi connectivity index (χ1) is 13.6. The predicted molar refractivity (Wildman–Crippen MR) is 120 cm³/mol. The van der Waals surface area contributed by atoms with Crippen molar-refractivity contribution in [2.45, 2.75) is 53.0 Å². The summed E-state index contributed by atoms with van der Waals surface area (Å²) >= 11 is 0. The normalized spacial score (nSPS) is 12.4. The van der Waals surface area contributed by atoms with Gasteiger partial charge in [0.05, 0.1) is 11.9 Å². The van der Waals surface area contributed by atoms with E-state index in [0.29, 0.717) is 18.7 Å². The number of rotatable bonds is 9. The smallest absolute Gasteiger partial charge is 0.243 e. The van der Waals surface area contributed by atoms with Gasteiger partial charge in [-0.2, -0.15) is 0 Å². The summed E-state index contributed by atoms with van der Waals surface area (Å²) in [7, 11) is -3.62. The summed E-state index contributed by atoms with van der Waals surface area (Å²) in [4.78, 5) is 12.9. The second kappa shape index (κ2) is 9.92. The molecule has 0 saturated carbocycles. The Balaban J connectivity index is 2.11. The second-order valence-electron chi connectivity index (χ2n) is 7.66. The lowest BCUT2D eigenvalue weighted by atomic mass is 10.1. The zero-order valence-electron chi connectivity index (χ0n) is 18.0. The molecule has 1 N–H and O–H groups in total. The second-order valence-corrected chi connectivity index (χ2v) is 9.52. The van der Waals surface area contributed by atoms with Crippen molar-refractivity contribution in [3.8, 4) is 0 Å². The fourth-order valence-electron chi connectivity index (χ4n) is 3.48. The van der Waals surface area contributed by atoms with Gasteiger partial charge in [0.1, 0.15) is 6.04 Å². The number of anilines is 1. The number of carbonyl (C=O) groups is 1. The van der Waals surface area contributed by atoms with Gasteiger partial charge in [-0.25, -0.2) is 8.42 Å². The number of benzene rings is 2. The molecule has 0 fully saturated rings. The largest absolute Gasteiger partial charge is 0.354 e. The topological polar surface area (TPSA) is 66.5 Å². The lowest BCUT2D eigenvalue weighted by molar-refractivity contribution is -0.122. The van der Waals surface area contributed by atoms with Crippen LogP contribution in [0.3, 0.4) is 0 Å². The summed E-state index contributed by atoms with van der Waals surface area (Å²) in [6.07, 6.45) is 3.21. The average molecular weight is 417 g/mol. The van der Waals surface area contributed by atoms with Crippen LogP contribution < -0.4 is 9.62 Å². The first kappa shape index (κ1) is 22.9. The minimum absolute atomic E-state index is 0.261. The van der Waals surface area contributed by atoms with Crippen LogP contribution in [0.4, 0.5) is 5.69 Å². The van der Waals surface area contributed by atoms with Gasteiger partial charge in [-0.1, -0.05) is 48.9 Å². The van der Waals surface area contributed by atoms with E-state index in [-0.39, 0.29) is 5.91 Å². The van der Waals surface area contributed by atoms with E-state index in [1.165, 1.54) is 15.4 Å². The van der Waals surface area contributed by atoms with E-state index in [9.17, 15) is 13.2 Å². The fraction of sp³-hybridized carbons (Fsp3) is 0.435. The molecule has 0 spiro atoms. The molecule has 0 radical (unpaired) electrons. The highest BCUT2D eigenvalue weighted by molar-refractivity contribution is 7.92. The van der Waals surface area contributed by atoms with Crippen molar-refractivity contribution in [2.24, 2.45) is 0 Å². The van der Waals surface area contributed by atoms with E-state index in [1.54, 1.807) is 0 Å². The number of hydrogen-bond donors (Lipinski definition) is 1. The molecule has 2 aromatic carbocycles. The monoisotopic (exact) mass is 416 g/mol. The quantitative estimate of drug-likeness (QED) is 0.631. The maximum absolute atomic E-state index is 12.9. The van der Waals surface area contributed by atoms with Gasteiger partial charge >= 0.3 is 0 Å². The van der Waals surface area contributed by atoms with Crippen LogP contribution in [0, 0.1) is 20.8 Å². The van der Waals surface area contributed by atoms with Gasteiger partial charge in [0.25, 0.3) is 0 Å². The highest BCUT2D eigenvalue weighted by Gasteiger charge is 2.32. The third-order valence-electron chi connectivity index (χ3n) is 4.96. The average Bonchev–Trinajstić information content (AvgIpc) is 2.64. The molecule has 2 aromatic rings. The first-order valence-corrected chi connectivity index (χ1v) is 11.9. The van der Waals surface area contributed by atoms with Crippen molar-refractivity contribution < 1.29 is 13.2 Å². The molecule has 0 aliphatic heterocycles. The maximum atomic E-state index is 12.9. The molecule has 1 atom stereocenters. The SMILES string of the molecule is CC[C@@H](C(=O)NCCCc1cccc(C)c1)N(c1cc(C)ccc1C)S(C)(=O)=O. The molecule has 0 saturated heterocycles. The third-order valence-corrected chi connectivity index (χ3v) is 6.12. The number of sulfonamides is 1. The van der Waals surface area contributed by atoms with Crippen LogP contribution in [0.2, 0.25) is 0 Å². The van der Waals surface area contributed by atoms with Crippen molar-refractivity contribution in [3.63, 3.8) is 0 Å². The number of hydrogen-bond acceptors (Lipinski definition) is 3. The van der Waals surface area contributed by atoms with Crippen LogP contribution in [0.5, 0.6) is 0 Å². The van der Waals surface area contributed by atoms with Crippen LogP contribution in [-0.4, -0.2) is 33.2 Å². The van der Waals surface area contributed by atoms with Crippen LogP contribution in [0.25, 0.3) is 0 Å². The molecule has 0 aliphatic rings. The Morgan fingerprint density at radius 2 is 1.76 bits per heavy atom. The van der Waals surface area contributed by atoms with Gasteiger partial charge in [0.15, 0.2) is 0 Å². The van der Waals surface area contributed by atoms with Crippen molar-refractivity contribution in [1.29, 1.82) is 0 Å². The summed E-state index contributed by atoms with van der Waals surface area (Å²) in [6, 6.07) is 13.2. The number of aryl methyl sites for hydroxylation is 4. The number of carbonyl (C=O) groups excluding carboxylic acids is 1. The lowest BCUT2D eigenvalue weighted by Gasteiger charge is -2.31. The number of nitrogens with zero attached hydrogens (tertiary/aromatic N) is 1. The highest BCUT2D eigenvalue weighted by Crippen LogP contribution is 2.27. The Labute approximate surface area is 175 Å². The standard InChI is InChI=1S/C23H32N2O3S/c1-6-21(23(26)24-14-8-11-20-10-7-9-17(2)15-20)25(29(5,27)28)22-16-18(3)12-13-19(22)4/h7,9-10,12-13,15-16,21H,6,8,11,14H2,1-5H3,(H,24,26)/t21-/m0/s1. The third kappa shape index (κ3) is 6.32. The Hall–Kier alpha value is -2.34. The van der Waals surface area contributed by atoms with Crippen LogP contribution in [0.15, 0.2) is 42.5 Å². The van der Waals surface area contributed by atoms with E-state index in [2.05, 4.69) is 30.4 Å². The maximum Gasteiger partial charge on any atom is 0.243 e. The van der Waals surface area contributed by atoms with Crippen molar-refractivity contribution >= 4 is 21.6 Å². The summed E-state index contributed by atoms with van der Waals surface area (Å²) in [6.45, 7) is 8.17. The van der Waals surface area contributed by atoms with Gasteiger partial charge in [-0.05, 0) is 62.8 Å². The zero-order valence-corrected chi connectivity index (χ0v) is 18.8. The van der Waals surface area contributed by atoms with Crippen molar-refractivity contribution in [2.75, 3.05) is 17.1 Å². The predicted octanol–water partition coefficient (Wildman–Crippen LogP) is 3.91. The van der Waals surface area contributed by atoms with Gasteiger partial charge in [-0.3, -0.25) is 9.10 Å². The Morgan fingerprint density at radius 3 is 2.38 bits per heavy atom. The zero-order chi connectivity index (χ0) is 21.6. The Bertz CT molecular complexity index is 954. The highest BCUT2D eigenvalue weighted by atomic mass is 32.2. The molecule has 0 unspecified atom stereocenters. The van der Waals surface area contributed by atoms with E-state index < -0.39 is 16.1 Å². The van der Waals surface area contributed by atoms with Crippen LogP contribution in [-0.2, 0) is 21.2 Å². The number of amides is 1. The minimum atomic E-state index is -3.62.